The Bertz CT molecular complexity index is 427. The van der Waals surface area contributed by atoms with Crippen molar-refractivity contribution in [2.45, 2.75) is 11.3 Å². The highest BCUT2D eigenvalue weighted by Crippen LogP contribution is 2.47. The predicted octanol–water partition coefficient (Wildman–Crippen LogP) is -2.88. The number of hydrogen-bond acceptors (Lipinski definition) is 7. The van der Waals surface area contributed by atoms with Crippen LogP contribution in [-0.4, -0.2) is 23.8 Å². The van der Waals surface area contributed by atoms with Crippen molar-refractivity contribution in [2.24, 2.45) is 0 Å². The molecule has 0 saturated carbocycles. The molecule has 0 aromatic heterocycles. The molecular weight excluding hydrogens is 312 g/mol. The molecule has 14 heteroatoms. The molecule has 0 rings (SSSR count). The molecule has 0 aliphatic rings. The van der Waals surface area contributed by atoms with E-state index < -0.39 is 39.0 Å². The molecule has 0 saturated heterocycles. The van der Waals surface area contributed by atoms with Crippen LogP contribution < -0.4 is 24.9 Å². The first-order valence-corrected chi connectivity index (χ1v) is 6.80. The minimum atomic E-state index is -6.76. The van der Waals surface area contributed by atoms with Crippen LogP contribution in [0.5, 0.6) is 0 Å². The summed E-state index contributed by atoms with van der Waals surface area (Å²) in [6.45, 7) is -2.38. The lowest BCUT2D eigenvalue weighted by atomic mass is 10.5. The molecule has 0 aliphatic carbocycles. The number of nitrogens with one attached hydrogen (secondary N) is 1. The Morgan fingerprint density at radius 2 is 1.39 bits per heavy atom. The number of halogens is 4. The van der Waals surface area contributed by atoms with Gasteiger partial charge in [-0.25, -0.2) is 0 Å². The number of amides is 1. The highest BCUT2D eigenvalue weighted by Gasteiger charge is 2.44. The van der Waals surface area contributed by atoms with Gasteiger partial charge in [-0.15, -0.1) is 0 Å². The minimum absolute atomic E-state index is 0.493. The van der Waals surface area contributed by atoms with Crippen LogP contribution in [0, 0.1) is 0 Å². The number of rotatable bonds is 5. The van der Waals surface area contributed by atoms with E-state index in [-0.39, 0.29) is 0 Å². The third-order valence-electron chi connectivity index (χ3n) is 1.48. The maximum Gasteiger partial charge on any atom is 0.347 e. The Labute approximate surface area is 96.3 Å². The van der Waals surface area contributed by atoms with E-state index in [1.54, 1.807) is 0 Å². The van der Waals surface area contributed by atoms with Crippen LogP contribution in [0.4, 0.5) is 17.6 Å². The van der Waals surface area contributed by atoms with Crippen molar-refractivity contribution in [1.29, 1.82) is 0 Å². The smallest absolute Gasteiger partial charge is 0.347 e. The number of alkyl halides is 4. The van der Waals surface area contributed by atoms with E-state index in [0.29, 0.717) is 5.32 Å². The van der Waals surface area contributed by atoms with Gasteiger partial charge < -0.3 is 34.0 Å². The predicted molar refractivity (Wildman–Crippen MR) is 38.1 cm³/mol. The molecule has 18 heavy (non-hydrogen) atoms. The summed E-state index contributed by atoms with van der Waals surface area (Å²) >= 11 is 0. The van der Waals surface area contributed by atoms with Gasteiger partial charge in [-0.05, 0) is 0 Å². The summed E-state index contributed by atoms with van der Waals surface area (Å²) in [5.41, 5.74) is -10.6. The van der Waals surface area contributed by atoms with E-state index in [9.17, 15) is 51.1 Å². The van der Waals surface area contributed by atoms with E-state index in [4.69, 9.17) is 0 Å². The molecular formula is C4H3F4NO7P2-4. The molecule has 0 fully saturated rings. The molecule has 1 N–H and O–H groups in total. The minimum Gasteiger partial charge on any atom is -0.806 e. The van der Waals surface area contributed by atoms with Gasteiger partial charge in [0.25, 0.3) is 11.6 Å². The van der Waals surface area contributed by atoms with Gasteiger partial charge in [-0.2, -0.15) is 17.6 Å². The summed E-state index contributed by atoms with van der Waals surface area (Å²) in [5.74, 6) is -2.95. The van der Waals surface area contributed by atoms with Crippen LogP contribution in [-0.2, 0) is 13.9 Å². The fraction of sp³-hybridized carbons (Fsp3) is 0.750. The third-order valence-corrected chi connectivity index (χ3v) is 3.33. The van der Waals surface area contributed by atoms with Gasteiger partial charge in [0.2, 0.25) is 0 Å². The topological polar surface area (TPSA) is 155 Å². The highest BCUT2D eigenvalue weighted by molar-refractivity contribution is 7.51. The van der Waals surface area contributed by atoms with Gasteiger partial charge in [0, 0.05) is 15.2 Å². The molecule has 1 amide bonds. The van der Waals surface area contributed by atoms with E-state index in [0.717, 1.165) is 0 Å². The molecule has 0 spiro atoms. The van der Waals surface area contributed by atoms with Crippen LogP contribution in [0.2, 0.25) is 0 Å². The van der Waals surface area contributed by atoms with Crippen molar-refractivity contribution in [3.63, 3.8) is 0 Å². The maximum absolute atomic E-state index is 12.4. The highest BCUT2D eigenvalue weighted by atomic mass is 31.2. The van der Waals surface area contributed by atoms with Crippen LogP contribution >= 0.6 is 15.2 Å². The molecule has 0 heterocycles. The van der Waals surface area contributed by atoms with Crippen molar-refractivity contribution < 1.29 is 51.1 Å². The monoisotopic (exact) mass is 315 g/mol. The lowest BCUT2D eigenvalue weighted by molar-refractivity contribution is -0.333. The van der Waals surface area contributed by atoms with E-state index >= 15 is 0 Å². The molecule has 108 valence electrons. The van der Waals surface area contributed by atoms with Crippen LogP contribution in [0.25, 0.3) is 0 Å². The second-order valence-electron chi connectivity index (χ2n) is 2.88. The van der Waals surface area contributed by atoms with Gasteiger partial charge >= 0.3 is 5.66 Å². The third kappa shape index (κ3) is 3.74. The summed E-state index contributed by atoms with van der Waals surface area (Å²) in [6.07, 6.45) is 0. The molecule has 0 aliphatic heterocycles. The summed E-state index contributed by atoms with van der Waals surface area (Å²) < 4.78 is 69.5. The van der Waals surface area contributed by atoms with Crippen LogP contribution in [0.3, 0.4) is 0 Å². The number of hydrogen-bond donors (Lipinski definition) is 1. The van der Waals surface area contributed by atoms with Gasteiger partial charge in [-0.3, -0.25) is 4.79 Å². The van der Waals surface area contributed by atoms with Crippen molar-refractivity contribution in [3.8, 4) is 0 Å². The van der Waals surface area contributed by atoms with E-state index in [1.165, 1.54) is 0 Å². The van der Waals surface area contributed by atoms with Crippen molar-refractivity contribution in [3.05, 3.63) is 0 Å². The summed E-state index contributed by atoms with van der Waals surface area (Å²) in [7, 11) is -13.3. The zero-order valence-electron chi connectivity index (χ0n) is 7.97. The summed E-state index contributed by atoms with van der Waals surface area (Å²) in [5, 5.41) is 0.493. The van der Waals surface area contributed by atoms with Crippen molar-refractivity contribution in [1.82, 2.24) is 5.32 Å². The Morgan fingerprint density at radius 1 is 1.00 bits per heavy atom. The Balaban J connectivity index is 4.84. The van der Waals surface area contributed by atoms with Gasteiger partial charge in [0.1, 0.15) is 0 Å². The average Bonchev–Trinajstić information content (AvgIpc) is 2.10. The lowest BCUT2D eigenvalue weighted by Crippen LogP contribution is -2.50. The molecule has 0 atom stereocenters. The average molecular weight is 315 g/mol. The second-order valence-corrected chi connectivity index (χ2v) is 6.09. The Hall–Kier alpha value is -0.510. The van der Waals surface area contributed by atoms with Crippen molar-refractivity contribution in [2.75, 3.05) is 6.54 Å². The Morgan fingerprint density at radius 3 is 1.67 bits per heavy atom. The van der Waals surface area contributed by atoms with Gasteiger partial charge in [-0.1, -0.05) is 0 Å². The summed E-state index contributed by atoms with van der Waals surface area (Å²) in [4.78, 5) is 50.1. The van der Waals surface area contributed by atoms with E-state index in [2.05, 4.69) is 0 Å². The standard InChI is InChI=1S/C4H7F4NO7P2/c5-3(6,17(11,12)13)1-9-2(10)4(7,8)18(14,15)16/h1H2,(H,9,10)(H2,11,12,13)(H2,14,15,16)/p-4. The number of carbonyl (C=O) groups is 1. The first-order chi connectivity index (χ1) is 7.63. The SMILES string of the molecule is O=C(NCC(F)(F)P(=O)([O-])[O-])C(F)(F)P(=O)([O-])[O-]. The number of carbonyl (C=O) groups excluding carboxylic acids is 1. The van der Waals surface area contributed by atoms with E-state index in [1.807, 2.05) is 0 Å². The van der Waals surface area contributed by atoms with Gasteiger partial charge in [0.15, 0.2) is 0 Å². The maximum atomic E-state index is 12.4. The fourth-order valence-corrected chi connectivity index (χ4v) is 1.11. The first-order valence-electron chi connectivity index (χ1n) is 3.71. The molecule has 0 aromatic carbocycles. The fourth-order valence-electron chi connectivity index (χ4n) is 0.514. The van der Waals surface area contributed by atoms with Crippen LogP contribution in [0.1, 0.15) is 0 Å². The first kappa shape index (κ1) is 17.5. The Kier molecular flexibility index (Phi) is 4.74. The van der Waals surface area contributed by atoms with Crippen LogP contribution in [0.15, 0.2) is 0 Å². The van der Waals surface area contributed by atoms with Crippen molar-refractivity contribution >= 4 is 21.1 Å². The molecule has 0 unspecified atom stereocenters. The van der Waals surface area contributed by atoms with Gasteiger partial charge in [0.05, 0.1) is 6.54 Å². The zero-order chi connectivity index (χ0) is 15.0. The second kappa shape index (κ2) is 4.87. The molecule has 0 radical (unpaired) electrons. The summed E-state index contributed by atoms with van der Waals surface area (Å²) in [6, 6.07) is 0. The largest absolute Gasteiger partial charge is 0.806 e. The molecule has 8 nitrogen and oxygen atoms in total. The normalized spacial score (nSPS) is 14.4. The quantitative estimate of drug-likeness (QED) is 0.421. The molecule has 0 bridgehead atoms. The lowest BCUT2D eigenvalue weighted by Gasteiger charge is -2.39. The molecule has 0 aromatic rings. The zero-order valence-corrected chi connectivity index (χ0v) is 9.76.